The third kappa shape index (κ3) is 5.65. The maximum absolute atomic E-state index is 15.3. The summed E-state index contributed by atoms with van der Waals surface area (Å²) in [5.74, 6) is -1.35. The van der Waals surface area contributed by atoms with E-state index in [0.29, 0.717) is 49.1 Å². The Bertz CT molecular complexity index is 2060. The van der Waals surface area contributed by atoms with E-state index >= 15 is 8.78 Å². The van der Waals surface area contributed by atoms with Crippen LogP contribution in [0.2, 0.25) is 0 Å². The van der Waals surface area contributed by atoms with E-state index in [0.717, 1.165) is 40.3 Å². The van der Waals surface area contributed by atoms with Gasteiger partial charge in [-0.05, 0) is 47.7 Å². The number of aromatic hydroxyl groups is 1. The molecule has 0 aliphatic carbocycles. The number of phenols is 1. The molecule has 5 heterocycles. The van der Waals surface area contributed by atoms with E-state index in [9.17, 15) is 23.1 Å². The summed E-state index contributed by atoms with van der Waals surface area (Å²) >= 11 is 2.92. The first kappa shape index (κ1) is 31.6. The van der Waals surface area contributed by atoms with Crippen LogP contribution in [0.15, 0.2) is 64.0 Å². The molecule has 1 fully saturated rings. The van der Waals surface area contributed by atoms with Crippen molar-refractivity contribution >= 4 is 39.1 Å². The minimum Gasteiger partial charge on any atom is -0.505 e. The van der Waals surface area contributed by atoms with Gasteiger partial charge < -0.3 is 10.0 Å². The monoisotopic (exact) mass is 685 g/mol. The first-order chi connectivity index (χ1) is 22.5. The van der Waals surface area contributed by atoms with Gasteiger partial charge in [0.2, 0.25) is 0 Å². The number of alkyl halides is 3. The summed E-state index contributed by atoms with van der Waals surface area (Å²) in [6.07, 6.45) is -3.70. The van der Waals surface area contributed by atoms with Crippen molar-refractivity contribution in [2.45, 2.75) is 30.6 Å². The van der Waals surface area contributed by atoms with Gasteiger partial charge in [0.05, 0.1) is 32.4 Å². The summed E-state index contributed by atoms with van der Waals surface area (Å²) in [5.41, 5.74) is -0.933. The Balaban J connectivity index is 1.26. The summed E-state index contributed by atoms with van der Waals surface area (Å²) in [4.78, 5) is 27.5. The Labute approximate surface area is 274 Å². The lowest BCUT2D eigenvalue weighted by Gasteiger charge is -2.36. The van der Waals surface area contributed by atoms with Crippen LogP contribution in [0, 0.1) is 18.6 Å². The van der Waals surface area contributed by atoms with E-state index in [4.69, 9.17) is 0 Å². The quantitative estimate of drug-likeness (QED) is 0.195. The number of hydrogen-bond donors (Lipinski definition) is 1. The number of nitrogens with zero attached hydrogens (tertiary/aromatic N) is 5. The molecule has 244 valence electrons. The summed E-state index contributed by atoms with van der Waals surface area (Å²) < 4.78 is 75.0. The zero-order chi connectivity index (χ0) is 33.0. The van der Waals surface area contributed by atoms with E-state index < -0.39 is 46.7 Å². The van der Waals surface area contributed by atoms with Crippen LogP contribution in [-0.2, 0) is 12.6 Å². The van der Waals surface area contributed by atoms with E-state index in [1.165, 1.54) is 35.4 Å². The number of thiophene rings is 1. The molecule has 1 N–H and O–H groups in total. The second-order valence-corrected chi connectivity index (χ2v) is 13.5. The minimum atomic E-state index is -4.81. The SMILES string of the molecule is Cc1c(Cc2c(F)cccc2C(F)(F)F)c2n(c(=O)c1-c1cccc(O)c1F)C(CN1CCN(c3ncnc4ccsc34)CC1)CS2. The molecule has 2 aromatic carbocycles. The van der Waals surface area contributed by atoms with E-state index in [2.05, 4.69) is 19.8 Å². The minimum absolute atomic E-state index is 0.0666. The van der Waals surface area contributed by atoms with Crippen LogP contribution in [0.4, 0.5) is 27.8 Å². The Kier molecular flexibility index (Phi) is 8.21. The van der Waals surface area contributed by atoms with Crippen LogP contribution in [-0.4, -0.2) is 63.0 Å². The van der Waals surface area contributed by atoms with Gasteiger partial charge in [-0.3, -0.25) is 14.3 Å². The highest BCUT2D eigenvalue weighted by atomic mass is 32.2. The molecule has 3 aromatic heterocycles. The molecule has 7 rings (SSSR count). The van der Waals surface area contributed by atoms with Crippen LogP contribution in [0.1, 0.15) is 28.3 Å². The molecule has 0 amide bonds. The highest BCUT2D eigenvalue weighted by molar-refractivity contribution is 7.99. The van der Waals surface area contributed by atoms with Crippen LogP contribution in [0.3, 0.4) is 0 Å². The fourth-order valence-electron chi connectivity index (χ4n) is 6.56. The molecule has 7 nitrogen and oxygen atoms in total. The van der Waals surface area contributed by atoms with E-state index in [-0.39, 0.29) is 22.7 Å². The van der Waals surface area contributed by atoms with Gasteiger partial charge in [-0.15, -0.1) is 23.1 Å². The molecule has 1 saturated heterocycles. The highest BCUT2D eigenvalue weighted by Crippen LogP contribution is 2.42. The zero-order valence-corrected chi connectivity index (χ0v) is 26.7. The molecule has 0 saturated carbocycles. The van der Waals surface area contributed by atoms with Gasteiger partial charge in [0.25, 0.3) is 5.56 Å². The molecular formula is C33H28F5N5O2S2. The topological polar surface area (TPSA) is 74.5 Å². The number of benzene rings is 2. The van der Waals surface area contributed by atoms with Crippen LogP contribution in [0.5, 0.6) is 5.75 Å². The van der Waals surface area contributed by atoms with Gasteiger partial charge >= 0.3 is 6.18 Å². The number of aromatic nitrogens is 3. The first-order valence-electron chi connectivity index (χ1n) is 14.9. The van der Waals surface area contributed by atoms with Crippen molar-refractivity contribution < 1.29 is 27.1 Å². The van der Waals surface area contributed by atoms with Crippen molar-refractivity contribution in [3.8, 4) is 16.9 Å². The van der Waals surface area contributed by atoms with Crippen LogP contribution >= 0.6 is 23.1 Å². The van der Waals surface area contributed by atoms with Crippen molar-refractivity contribution in [2.24, 2.45) is 0 Å². The lowest BCUT2D eigenvalue weighted by atomic mass is 9.92. The molecular weight excluding hydrogens is 658 g/mol. The zero-order valence-electron chi connectivity index (χ0n) is 25.0. The lowest BCUT2D eigenvalue weighted by Crippen LogP contribution is -2.48. The Morgan fingerprint density at radius 1 is 1.00 bits per heavy atom. The maximum atomic E-state index is 15.3. The van der Waals surface area contributed by atoms with Crippen LogP contribution < -0.4 is 10.5 Å². The first-order valence-corrected chi connectivity index (χ1v) is 16.8. The number of rotatable bonds is 6. The largest absolute Gasteiger partial charge is 0.505 e. The molecule has 5 aromatic rings. The van der Waals surface area contributed by atoms with Crippen molar-refractivity contribution in [1.82, 2.24) is 19.4 Å². The second kappa shape index (κ2) is 12.2. The molecule has 0 radical (unpaired) electrons. The van der Waals surface area contributed by atoms with E-state index in [1.807, 2.05) is 11.4 Å². The number of piperazine rings is 1. The number of phenolic OH excluding ortho intramolecular Hbond substituents is 1. The molecule has 1 unspecified atom stereocenters. The molecule has 0 bridgehead atoms. The fraction of sp³-hybridized carbons (Fsp3) is 0.303. The summed E-state index contributed by atoms with van der Waals surface area (Å²) in [6, 6.07) is 8.31. The average molecular weight is 686 g/mol. The van der Waals surface area contributed by atoms with Gasteiger partial charge in [0, 0.05) is 56.0 Å². The summed E-state index contributed by atoms with van der Waals surface area (Å²) in [7, 11) is 0. The molecule has 14 heteroatoms. The van der Waals surface area contributed by atoms with Gasteiger partial charge in [0.1, 0.15) is 18.0 Å². The van der Waals surface area contributed by atoms with Gasteiger partial charge in [-0.25, -0.2) is 18.7 Å². The Morgan fingerprint density at radius 2 is 1.77 bits per heavy atom. The van der Waals surface area contributed by atoms with Gasteiger partial charge in [-0.1, -0.05) is 18.2 Å². The highest BCUT2D eigenvalue weighted by Gasteiger charge is 2.37. The summed E-state index contributed by atoms with van der Waals surface area (Å²) in [5, 5.41) is 12.6. The molecule has 2 aliphatic rings. The number of fused-ring (bicyclic) bond motifs is 2. The lowest BCUT2D eigenvalue weighted by molar-refractivity contribution is -0.138. The van der Waals surface area contributed by atoms with Gasteiger partial charge in [-0.2, -0.15) is 13.2 Å². The number of anilines is 1. The molecule has 0 spiro atoms. The smallest absolute Gasteiger partial charge is 0.416 e. The average Bonchev–Trinajstić information content (AvgIpc) is 3.69. The maximum Gasteiger partial charge on any atom is 0.416 e. The molecule has 2 aliphatic heterocycles. The molecule has 1 atom stereocenters. The van der Waals surface area contributed by atoms with Crippen molar-refractivity contribution in [2.75, 3.05) is 43.4 Å². The van der Waals surface area contributed by atoms with Crippen LogP contribution in [0.25, 0.3) is 21.3 Å². The predicted octanol–water partition coefficient (Wildman–Crippen LogP) is 6.89. The van der Waals surface area contributed by atoms with Crippen molar-refractivity contribution in [3.63, 3.8) is 0 Å². The number of hydrogen-bond acceptors (Lipinski definition) is 8. The Morgan fingerprint density at radius 3 is 2.53 bits per heavy atom. The molecule has 47 heavy (non-hydrogen) atoms. The predicted molar refractivity (Wildman–Crippen MR) is 173 cm³/mol. The number of pyridine rings is 1. The Hall–Kier alpha value is -4.01. The second-order valence-electron chi connectivity index (χ2n) is 11.6. The fourth-order valence-corrected chi connectivity index (χ4v) is 8.80. The van der Waals surface area contributed by atoms with Crippen molar-refractivity contribution in [1.29, 1.82) is 0 Å². The normalized spacial score (nSPS) is 17.1. The third-order valence-corrected chi connectivity index (χ3v) is 11.1. The van der Waals surface area contributed by atoms with Crippen molar-refractivity contribution in [3.05, 3.63) is 98.4 Å². The standard InChI is InChI=1S/C33H28F5N5O2S2/c1-18-21(14-22-23(33(36,37)38)5-3-6-24(22)34)32-43(31(45)27(18)20-4-2-7-26(44)28(20)35)19(16-47-32)15-41-9-11-42(12-10-41)30-29-25(8-13-46-29)39-17-40-30/h2-8,13,17,19,44H,9-12,14-16H2,1H3. The summed E-state index contributed by atoms with van der Waals surface area (Å²) in [6.45, 7) is 4.76. The third-order valence-electron chi connectivity index (χ3n) is 8.91. The van der Waals surface area contributed by atoms with Gasteiger partial charge in [0.15, 0.2) is 11.6 Å². The van der Waals surface area contributed by atoms with E-state index in [1.54, 1.807) is 17.7 Å². The number of halogens is 5. The number of thioether (sulfide) groups is 1.